The SMILES string of the molecule is Cc1cccc(C(C)(C)C)c1OC(C)(C)C. The third kappa shape index (κ3) is 3.26. The van der Waals surface area contributed by atoms with Crippen molar-refractivity contribution in [3.63, 3.8) is 0 Å². The molecular formula is C15H24O. The molecule has 1 nitrogen and oxygen atoms in total. The standard InChI is InChI=1S/C15H24O/c1-11-9-8-10-12(14(2,3)4)13(11)16-15(5,6)7/h8-10H,1-7H3. The van der Waals surface area contributed by atoms with Gasteiger partial charge in [-0.15, -0.1) is 0 Å². The van der Waals surface area contributed by atoms with E-state index >= 15 is 0 Å². The summed E-state index contributed by atoms with van der Waals surface area (Å²) in [5.74, 6) is 1.04. The van der Waals surface area contributed by atoms with E-state index in [0.717, 1.165) is 5.75 Å². The highest BCUT2D eigenvalue weighted by Gasteiger charge is 2.23. The van der Waals surface area contributed by atoms with Gasteiger partial charge in [-0.2, -0.15) is 0 Å². The van der Waals surface area contributed by atoms with Gasteiger partial charge < -0.3 is 4.74 Å². The van der Waals surface area contributed by atoms with Gasteiger partial charge in [-0.3, -0.25) is 0 Å². The fourth-order valence-electron chi connectivity index (χ4n) is 1.68. The van der Waals surface area contributed by atoms with Crippen molar-refractivity contribution < 1.29 is 4.74 Å². The number of rotatable bonds is 1. The number of para-hydroxylation sites is 1. The van der Waals surface area contributed by atoms with Crippen LogP contribution >= 0.6 is 0 Å². The molecule has 1 rings (SSSR count). The fraction of sp³-hybridized carbons (Fsp3) is 0.600. The normalized spacial score (nSPS) is 12.7. The molecule has 90 valence electrons. The fourth-order valence-corrected chi connectivity index (χ4v) is 1.68. The summed E-state index contributed by atoms with van der Waals surface area (Å²) in [6, 6.07) is 6.37. The maximum atomic E-state index is 6.09. The number of benzene rings is 1. The van der Waals surface area contributed by atoms with Crippen molar-refractivity contribution in [1.29, 1.82) is 0 Å². The van der Waals surface area contributed by atoms with Crippen LogP contribution in [0.4, 0.5) is 0 Å². The molecule has 0 amide bonds. The largest absolute Gasteiger partial charge is 0.488 e. The number of aryl methyl sites for hydroxylation is 1. The van der Waals surface area contributed by atoms with E-state index in [1.165, 1.54) is 11.1 Å². The van der Waals surface area contributed by atoms with Crippen LogP contribution in [0.2, 0.25) is 0 Å². The maximum Gasteiger partial charge on any atom is 0.126 e. The van der Waals surface area contributed by atoms with E-state index in [9.17, 15) is 0 Å². The lowest BCUT2D eigenvalue weighted by Gasteiger charge is -2.29. The van der Waals surface area contributed by atoms with Gasteiger partial charge in [0.15, 0.2) is 0 Å². The predicted octanol–water partition coefficient (Wildman–Crippen LogP) is 4.47. The molecule has 0 aliphatic heterocycles. The molecule has 0 atom stereocenters. The highest BCUT2D eigenvalue weighted by molar-refractivity contribution is 5.44. The Morgan fingerprint density at radius 2 is 1.50 bits per heavy atom. The summed E-state index contributed by atoms with van der Waals surface area (Å²) in [5, 5.41) is 0. The van der Waals surface area contributed by atoms with E-state index in [0.29, 0.717) is 0 Å². The maximum absolute atomic E-state index is 6.09. The number of hydrogen-bond acceptors (Lipinski definition) is 1. The molecule has 0 saturated heterocycles. The van der Waals surface area contributed by atoms with Gasteiger partial charge in [0.25, 0.3) is 0 Å². The number of hydrogen-bond donors (Lipinski definition) is 0. The van der Waals surface area contributed by atoms with Gasteiger partial charge in [0.1, 0.15) is 11.4 Å². The van der Waals surface area contributed by atoms with Crippen LogP contribution in [0.1, 0.15) is 52.7 Å². The molecule has 0 N–H and O–H groups in total. The Bertz CT molecular complexity index is 364. The van der Waals surface area contributed by atoms with Crippen LogP contribution in [-0.2, 0) is 5.41 Å². The van der Waals surface area contributed by atoms with Crippen molar-refractivity contribution in [3.05, 3.63) is 29.3 Å². The highest BCUT2D eigenvalue weighted by Crippen LogP contribution is 2.35. The Morgan fingerprint density at radius 3 is 1.94 bits per heavy atom. The summed E-state index contributed by atoms with van der Waals surface area (Å²) in [5.41, 5.74) is 2.46. The topological polar surface area (TPSA) is 9.23 Å². The first-order valence-corrected chi connectivity index (χ1v) is 5.90. The predicted molar refractivity (Wildman–Crippen MR) is 70.3 cm³/mol. The minimum absolute atomic E-state index is 0.118. The van der Waals surface area contributed by atoms with Gasteiger partial charge in [-0.1, -0.05) is 39.0 Å². The van der Waals surface area contributed by atoms with Gasteiger partial charge in [-0.25, -0.2) is 0 Å². The first-order chi connectivity index (χ1) is 7.11. The molecule has 1 aromatic carbocycles. The molecule has 0 fully saturated rings. The Hall–Kier alpha value is -0.980. The Morgan fingerprint density at radius 1 is 0.938 bits per heavy atom. The molecular weight excluding hydrogens is 196 g/mol. The zero-order chi connectivity index (χ0) is 12.6. The van der Waals surface area contributed by atoms with Crippen molar-refractivity contribution in [2.45, 2.75) is 59.5 Å². The smallest absolute Gasteiger partial charge is 0.126 e. The highest BCUT2D eigenvalue weighted by atomic mass is 16.5. The molecule has 0 saturated carbocycles. The molecule has 0 aliphatic carbocycles. The summed E-state index contributed by atoms with van der Waals surface area (Å²) < 4.78 is 6.09. The average molecular weight is 220 g/mol. The van der Waals surface area contributed by atoms with Crippen LogP contribution in [0.25, 0.3) is 0 Å². The molecule has 0 spiro atoms. The van der Waals surface area contributed by atoms with Gasteiger partial charge in [0.05, 0.1) is 0 Å². The van der Waals surface area contributed by atoms with Crippen molar-refractivity contribution in [3.8, 4) is 5.75 Å². The van der Waals surface area contributed by atoms with E-state index in [1.54, 1.807) is 0 Å². The van der Waals surface area contributed by atoms with Crippen LogP contribution in [0.5, 0.6) is 5.75 Å². The lowest BCUT2D eigenvalue weighted by molar-refractivity contribution is 0.126. The molecule has 1 heteroatoms. The van der Waals surface area contributed by atoms with Gasteiger partial charge >= 0.3 is 0 Å². The Labute approximate surface area is 99.8 Å². The second-order valence-electron chi connectivity index (χ2n) is 6.42. The van der Waals surface area contributed by atoms with E-state index in [4.69, 9.17) is 4.74 Å². The van der Waals surface area contributed by atoms with Crippen LogP contribution in [0, 0.1) is 6.92 Å². The number of ether oxygens (including phenoxy) is 1. The first-order valence-electron chi connectivity index (χ1n) is 5.90. The second-order valence-corrected chi connectivity index (χ2v) is 6.42. The molecule has 0 bridgehead atoms. The van der Waals surface area contributed by atoms with Gasteiger partial charge in [0, 0.05) is 0 Å². The lowest BCUT2D eigenvalue weighted by Crippen LogP contribution is -2.26. The monoisotopic (exact) mass is 220 g/mol. The minimum Gasteiger partial charge on any atom is -0.488 e. The van der Waals surface area contributed by atoms with E-state index < -0.39 is 0 Å². The third-order valence-electron chi connectivity index (χ3n) is 2.43. The Kier molecular flexibility index (Phi) is 3.37. The second kappa shape index (κ2) is 4.12. The van der Waals surface area contributed by atoms with Crippen LogP contribution in [0.15, 0.2) is 18.2 Å². The molecule has 16 heavy (non-hydrogen) atoms. The van der Waals surface area contributed by atoms with E-state index in [-0.39, 0.29) is 11.0 Å². The summed E-state index contributed by atoms with van der Waals surface area (Å²) in [4.78, 5) is 0. The van der Waals surface area contributed by atoms with Gasteiger partial charge in [-0.05, 0) is 44.2 Å². The van der Waals surface area contributed by atoms with E-state index in [1.807, 2.05) is 0 Å². The molecule has 1 aromatic rings. The molecule has 0 aliphatic rings. The van der Waals surface area contributed by atoms with Gasteiger partial charge in [0.2, 0.25) is 0 Å². The van der Waals surface area contributed by atoms with E-state index in [2.05, 4.69) is 66.7 Å². The van der Waals surface area contributed by atoms with Crippen molar-refractivity contribution >= 4 is 0 Å². The first kappa shape index (κ1) is 13.1. The zero-order valence-electron chi connectivity index (χ0n) is 11.6. The third-order valence-corrected chi connectivity index (χ3v) is 2.43. The van der Waals surface area contributed by atoms with Crippen LogP contribution in [-0.4, -0.2) is 5.60 Å². The average Bonchev–Trinajstić information content (AvgIpc) is 2.04. The van der Waals surface area contributed by atoms with Crippen molar-refractivity contribution in [1.82, 2.24) is 0 Å². The van der Waals surface area contributed by atoms with Crippen LogP contribution < -0.4 is 4.74 Å². The van der Waals surface area contributed by atoms with Crippen molar-refractivity contribution in [2.24, 2.45) is 0 Å². The van der Waals surface area contributed by atoms with Crippen LogP contribution in [0.3, 0.4) is 0 Å². The molecule has 0 radical (unpaired) electrons. The summed E-state index contributed by atoms with van der Waals surface area (Å²) in [7, 11) is 0. The molecule has 0 heterocycles. The molecule has 0 aromatic heterocycles. The molecule has 0 unspecified atom stereocenters. The quantitative estimate of drug-likeness (QED) is 0.678. The summed E-state index contributed by atoms with van der Waals surface area (Å²) in [6.07, 6.45) is 0. The minimum atomic E-state index is -0.147. The summed E-state index contributed by atoms with van der Waals surface area (Å²) >= 11 is 0. The zero-order valence-corrected chi connectivity index (χ0v) is 11.6. The Balaban J connectivity index is 3.25. The lowest BCUT2D eigenvalue weighted by atomic mass is 9.85. The summed E-state index contributed by atoms with van der Waals surface area (Å²) in [6.45, 7) is 15.0. The van der Waals surface area contributed by atoms with Crippen molar-refractivity contribution in [2.75, 3.05) is 0 Å².